The number of carbonyl (C=O) groups excluding carboxylic acids is 1. The summed E-state index contributed by atoms with van der Waals surface area (Å²) in [6.45, 7) is 0. The molecule has 2 aromatic carbocycles. The van der Waals surface area contributed by atoms with Crippen LogP contribution < -0.4 is 19.8 Å². The van der Waals surface area contributed by atoms with E-state index in [0.29, 0.717) is 33.9 Å². The van der Waals surface area contributed by atoms with Gasteiger partial charge in [-0.25, -0.2) is 0 Å². The molecule has 138 valence electrons. The van der Waals surface area contributed by atoms with E-state index < -0.39 is 0 Å². The Morgan fingerprint density at radius 2 is 1.67 bits per heavy atom. The van der Waals surface area contributed by atoms with Gasteiger partial charge in [-0.05, 0) is 48.6 Å². The van der Waals surface area contributed by atoms with Gasteiger partial charge in [0.25, 0.3) is 5.56 Å². The molecule has 3 rings (SSSR count). The number of fused-ring (bicyclic) bond motifs is 1. The molecule has 6 heteroatoms. The van der Waals surface area contributed by atoms with Gasteiger partial charge < -0.3 is 19.2 Å². The minimum atomic E-state index is -0.325. The average molecular weight is 365 g/mol. The number of H-pyrrole nitrogens is 1. The van der Waals surface area contributed by atoms with Gasteiger partial charge in [-0.15, -0.1) is 0 Å². The van der Waals surface area contributed by atoms with Crippen molar-refractivity contribution in [1.29, 1.82) is 0 Å². The van der Waals surface area contributed by atoms with E-state index in [4.69, 9.17) is 14.2 Å². The van der Waals surface area contributed by atoms with Crippen LogP contribution in [-0.4, -0.2) is 32.1 Å². The molecule has 0 saturated heterocycles. The van der Waals surface area contributed by atoms with Gasteiger partial charge in [0.15, 0.2) is 5.78 Å². The van der Waals surface area contributed by atoms with Gasteiger partial charge in [-0.3, -0.25) is 9.59 Å². The summed E-state index contributed by atoms with van der Waals surface area (Å²) in [5, 5.41) is 0.802. The van der Waals surface area contributed by atoms with Crippen LogP contribution in [0.25, 0.3) is 17.0 Å². The van der Waals surface area contributed by atoms with E-state index >= 15 is 0 Å². The lowest BCUT2D eigenvalue weighted by Crippen LogP contribution is -2.09. The molecular formula is C21H19NO5. The van der Waals surface area contributed by atoms with Crippen LogP contribution in [-0.2, 0) is 0 Å². The smallest absolute Gasteiger partial charge is 0.255 e. The maximum Gasteiger partial charge on any atom is 0.255 e. The molecule has 3 aromatic rings. The summed E-state index contributed by atoms with van der Waals surface area (Å²) in [5.74, 6) is 1.16. The molecule has 1 aromatic heterocycles. The number of nitrogens with one attached hydrogen (secondary N) is 1. The predicted molar refractivity (Wildman–Crippen MR) is 104 cm³/mol. The number of aromatic amines is 1. The normalized spacial score (nSPS) is 10.9. The van der Waals surface area contributed by atoms with Crippen LogP contribution in [0.1, 0.15) is 15.9 Å². The zero-order valence-corrected chi connectivity index (χ0v) is 15.2. The van der Waals surface area contributed by atoms with E-state index in [1.807, 2.05) is 6.07 Å². The molecular weight excluding hydrogens is 346 g/mol. The van der Waals surface area contributed by atoms with Crippen LogP contribution in [0.5, 0.6) is 17.2 Å². The van der Waals surface area contributed by atoms with Gasteiger partial charge in [-0.1, -0.05) is 6.07 Å². The highest BCUT2D eigenvalue weighted by molar-refractivity contribution is 6.10. The van der Waals surface area contributed by atoms with Crippen LogP contribution in [0.2, 0.25) is 0 Å². The number of hydrogen-bond acceptors (Lipinski definition) is 5. The summed E-state index contributed by atoms with van der Waals surface area (Å²) >= 11 is 0. The molecule has 0 bridgehead atoms. The second kappa shape index (κ2) is 7.78. The topological polar surface area (TPSA) is 77.6 Å². The fourth-order valence-corrected chi connectivity index (χ4v) is 2.80. The molecule has 0 fully saturated rings. The average Bonchev–Trinajstić information content (AvgIpc) is 2.70. The van der Waals surface area contributed by atoms with Gasteiger partial charge in [0.05, 0.1) is 21.3 Å². The van der Waals surface area contributed by atoms with E-state index in [1.165, 1.54) is 26.4 Å². The van der Waals surface area contributed by atoms with Crippen molar-refractivity contribution >= 4 is 22.8 Å². The number of ketones is 1. The molecule has 0 aliphatic heterocycles. The first-order valence-corrected chi connectivity index (χ1v) is 8.22. The molecule has 0 radical (unpaired) electrons. The molecule has 0 unspecified atom stereocenters. The molecule has 1 N–H and O–H groups in total. The fourth-order valence-electron chi connectivity index (χ4n) is 2.80. The SMILES string of the molecule is COc1ccc2[nH]c(=O)c(/C=C/C(=O)c3c(OC)cccc3OC)cc2c1. The first kappa shape index (κ1) is 18.3. The fraction of sp³-hybridized carbons (Fsp3) is 0.143. The number of benzene rings is 2. The number of pyridine rings is 1. The Labute approximate surface area is 156 Å². The van der Waals surface area contributed by atoms with Crippen molar-refractivity contribution in [3.8, 4) is 17.2 Å². The number of methoxy groups -OCH3 is 3. The quantitative estimate of drug-likeness (QED) is 0.535. The third-order valence-corrected chi connectivity index (χ3v) is 4.17. The van der Waals surface area contributed by atoms with Gasteiger partial charge in [-0.2, -0.15) is 0 Å². The Hall–Kier alpha value is -3.54. The predicted octanol–water partition coefficient (Wildman–Crippen LogP) is 3.45. The van der Waals surface area contributed by atoms with Crippen molar-refractivity contribution in [2.24, 2.45) is 0 Å². The Morgan fingerprint density at radius 3 is 2.30 bits per heavy atom. The highest BCUT2D eigenvalue weighted by Gasteiger charge is 2.16. The molecule has 0 aliphatic carbocycles. The third-order valence-electron chi connectivity index (χ3n) is 4.17. The van der Waals surface area contributed by atoms with Crippen molar-refractivity contribution in [3.05, 3.63) is 70.0 Å². The molecule has 27 heavy (non-hydrogen) atoms. The van der Waals surface area contributed by atoms with Crippen molar-refractivity contribution in [2.75, 3.05) is 21.3 Å². The lowest BCUT2D eigenvalue weighted by Gasteiger charge is -2.10. The van der Waals surface area contributed by atoms with Crippen LogP contribution in [0.15, 0.2) is 53.3 Å². The van der Waals surface area contributed by atoms with Crippen molar-refractivity contribution in [2.45, 2.75) is 0 Å². The van der Waals surface area contributed by atoms with Crippen LogP contribution >= 0.6 is 0 Å². The summed E-state index contributed by atoms with van der Waals surface area (Å²) in [7, 11) is 4.54. The number of allylic oxidation sites excluding steroid dienone is 1. The number of hydrogen-bond donors (Lipinski definition) is 1. The minimum absolute atomic E-state index is 0.288. The summed E-state index contributed by atoms with van der Waals surface area (Å²) in [5.41, 5.74) is 1.06. The van der Waals surface area contributed by atoms with Gasteiger partial charge >= 0.3 is 0 Å². The summed E-state index contributed by atoms with van der Waals surface area (Å²) < 4.78 is 15.7. The largest absolute Gasteiger partial charge is 0.497 e. The lowest BCUT2D eigenvalue weighted by molar-refractivity contribution is 0.104. The van der Waals surface area contributed by atoms with Gasteiger partial charge in [0.1, 0.15) is 22.8 Å². The molecule has 0 aliphatic rings. The standard InChI is InChI=1S/C21H19NO5/c1-25-15-8-9-16-14(12-15)11-13(21(24)22-16)7-10-17(23)20-18(26-2)5-4-6-19(20)27-3/h4-12H,1-3H3,(H,22,24)/b10-7+. The Kier molecular flexibility index (Phi) is 5.26. The molecule has 0 atom stereocenters. The number of carbonyl (C=O) groups is 1. The first-order valence-electron chi connectivity index (χ1n) is 8.22. The first-order chi connectivity index (χ1) is 13.1. The van der Waals surface area contributed by atoms with Crippen molar-refractivity contribution < 1.29 is 19.0 Å². The second-order valence-electron chi connectivity index (χ2n) is 5.74. The highest BCUT2D eigenvalue weighted by Crippen LogP contribution is 2.29. The number of ether oxygens (including phenoxy) is 3. The number of aromatic nitrogens is 1. The second-order valence-corrected chi connectivity index (χ2v) is 5.74. The lowest BCUT2D eigenvalue weighted by atomic mass is 10.1. The molecule has 1 heterocycles. The summed E-state index contributed by atoms with van der Waals surface area (Å²) in [6.07, 6.45) is 2.81. The highest BCUT2D eigenvalue weighted by atomic mass is 16.5. The van der Waals surface area contributed by atoms with E-state index in [2.05, 4.69) is 4.98 Å². The minimum Gasteiger partial charge on any atom is -0.497 e. The zero-order valence-electron chi connectivity index (χ0n) is 15.2. The van der Waals surface area contributed by atoms with E-state index in [-0.39, 0.29) is 11.3 Å². The maximum atomic E-state index is 12.7. The molecule has 0 saturated carbocycles. The third kappa shape index (κ3) is 3.69. The van der Waals surface area contributed by atoms with Gasteiger partial charge in [0, 0.05) is 16.5 Å². The Bertz CT molecular complexity index is 1060. The molecule has 0 spiro atoms. The zero-order chi connectivity index (χ0) is 19.4. The Balaban J connectivity index is 2.00. The van der Waals surface area contributed by atoms with Gasteiger partial charge in [0.2, 0.25) is 0 Å². The van der Waals surface area contributed by atoms with E-state index in [9.17, 15) is 9.59 Å². The Morgan fingerprint density at radius 1 is 0.963 bits per heavy atom. The summed E-state index contributed by atoms with van der Waals surface area (Å²) in [4.78, 5) is 27.8. The van der Waals surface area contributed by atoms with E-state index in [0.717, 1.165) is 5.39 Å². The van der Waals surface area contributed by atoms with E-state index in [1.54, 1.807) is 43.5 Å². The molecule has 0 amide bonds. The van der Waals surface area contributed by atoms with Crippen LogP contribution in [0.3, 0.4) is 0 Å². The number of rotatable bonds is 6. The van der Waals surface area contributed by atoms with Crippen LogP contribution in [0, 0.1) is 0 Å². The molecule has 6 nitrogen and oxygen atoms in total. The van der Waals surface area contributed by atoms with Crippen molar-refractivity contribution in [1.82, 2.24) is 4.98 Å². The monoisotopic (exact) mass is 365 g/mol. The summed E-state index contributed by atoms with van der Waals surface area (Å²) in [6, 6.07) is 12.2. The van der Waals surface area contributed by atoms with Crippen LogP contribution in [0.4, 0.5) is 0 Å². The van der Waals surface area contributed by atoms with Crippen molar-refractivity contribution in [3.63, 3.8) is 0 Å². The maximum absolute atomic E-state index is 12.7.